The van der Waals surface area contributed by atoms with Crippen molar-refractivity contribution in [3.63, 3.8) is 0 Å². The van der Waals surface area contributed by atoms with E-state index in [1.807, 2.05) is 30.5 Å². The van der Waals surface area contributed by atoms with Gasteiger partial charge in [0.15, 0.2) is 0 Å². The van der Waals surface area contributed by atoms with Crippen LogP contribution in [-0.4, -0.2) is 19.3 Å². The van der Waals surface area contributed by atoms with E-state index in [-0.39, 0.29) is 0 Å². The van der Waals surface area contributed by atoms with Gasteiger partial charge in [0, 0.05) is 17.6 Å². The maximum Gasteiger partial charge on any atom is 0.318 e. The topological polar surface area (TPSA) is 46.3 Å². The summed E-state index contributed by atoms with van der Waals surface area (Å²) in [4.78, 5) is 13.4. The van der Waals surface area contributed by atoms with Gasteiger partial charge in [0.25, 0.3) is 0 Å². The molecule has 1 aromatic carbocycles. The van der Waals surface area contributed by atoms with Gasteiger partial charge in [-0.25, -0.2) is 4.79 Å². The molecule has 2 amide bonds. The number of carbonyl (C=O) groups excluding carboxylic acids is 1. The van der Waals surface area contributed by atoms with Crippen LogP contribution in [0.25, 0.3) is 0 Å². The molecule has 0 unspecified atom stereocenters. The van der Waals surface area contributed by atoms with Gasteiger partial charge in [-0.3, -0.25) is 4.90 Å². The second-order valence-electron chi connectivity index (χ2n) is 2.60. The van der Waals surface area contributed by atoms with E-state index in [0.29, 0.717) is 0 Å². The highest BCUT2D eigenvalue weighted by Crippen LogP contribution is 2.20. The fourth-order valence-electron chi connectivity index (χ4n) is 0.946. The predicted molar refractivity (Wildman–Crippen MR) is 56.2 cm³/mol. The van der Waals surface area contributed by atoms with Crippen LogP contribution in [-0.2, 0) is 0 Å². The summed E-state index contributed by atoms with van der Waals surface area (Å²) in [6.45, 7) is 0. The standard InChI is InChI=1S/C9H12N2OS/c1-11(9(10)12)7-4-3-5-8(6-7)13-2/h3-6H,1-2H3,(H2,10,12). The molecule has 0 saturated heterocycles. The summed E-state index contributed by atoms with van der Waals surface area (Å²) >= 11 is 1.63. The van der Waals surface area contributed by atoms with Crippen LogP contribution in [0.2, 0.25) is 0 Å². The molecule has 0 aliphatic heterocycles. The molecule has 1 rings (SSSR count). The fraction of sp³-hybridized carbons (Fsp3) is 0.222. The Morgan fingerprint density at radius 1 is 1.54 bits per heavy atom. The van der Waals surface area contributed by atoms with Gasteiger partial charge in [0.05, 0.1) is 0 Å². The third-order valence-electron chi connectivity index (χ3n) is 1.77. The van der Waals surface area contributed by atoms with Crippen molar-refractivity contribution in [2.24, 2.45) is 5.73 Å². The first-order valence-electron chi connectivity index (χ1n) is 3.82. The Balaban J connectivity index is 2.94. The van der Waals surface area contributed by atoms with Crippen LogP contribution in [0.15, 0.2) is 29.2 Å². The normalized spacial score (nSPS) is 9.69. The molecule has 0 saturated carbocycles. The quantitative estimate of drug-likeness (QED) is 0.734. The zero-order valence-corrected chi connectivity index (χ0v) is 8.47. The number of hydrogen-bond acceptors (Lipinski definition) is 2. The Labute approximate surface area is 81.9 Å². The van der Waals surface area contributed by atoms with E-state index in [1.165, 1.54) is 4.90 Å². The van der Waals surface area contributed by atoms with Crippen molar-refractivity contribution in [1.29, 1.82) is 0 Å². The summed E-state index contributed by atoms with van der Waals surface area (Å²) in [5, 5.41) is 0. The molecule has 0 atom stereocenters. The van der Waals surface area contributed by atoms with E-state index in [0.717, 1.165) is 10.6 Å². The van der Waals surface area contributed by atoms with Gasteiger partial charge in [0.1, 0.15) is 0 Å². The Bertz CT molecular complexity index is 314. The lowest BCUT2D eigenvalue weighted by Crippen LogP contribution is -2.31. The summed E-state index contributed by atoms with van der Waals surface area (Å²) in [7, 11) is 1.65. The van der Waals surface area contributed by atoms with Crippen LogP contribution < -0.4 is 10.6 Å². The molecular formula is C9H12N2OS. The molecule has 0 bridgehead atoms. The molecule has 13 heavy (non-hydrogen) atoms. The molecule has 70 valence electrons. The lowest BCUT2D eigenvalue weighted by molar-refractivity contribution is 0.255. The molecule has 0 fully saturated rings. The monoisotopic (exact) mass is 196 g/mol. The molecule has 0 heterocycles. The van der Waals surface area contributed by atoms with Crippen molar-refractivity contribution in [1.82, 2.24) is 0 Å². The molecule has 0 radical (unpaired) electrons. The first-order valence-corrected chi connectivity index (χ1v) is 5.05. The number of amides is 2. The van der Waals surface area contributed by atoms with Crippen molar-refractivity contribution >= 4 is 23.5 Å². The summed E-state index contributed by atoms with van der Waals surface area (Å²) < 4.78 is 0. The number of rotatable bonds is 2. The van der Waals surface area contributed by atoms with Crippen molar-refractivity contribution < 1.29 is 4.79 Å². The Morgan fingerprint density at radius 3 is 2.77 bits per heavy atom. The minimum absolute atomic E-state index is 0.446. The van der Waals surface area contributed by atoms with Gasteiger partial charge in [-0.1, -0.05) is 6.07 Å². The molecule has 0 aromatic heterocycles. The van der Waals surface area contributed by atoms with Gasteiger partial charge in [-0.15, -0.1) is 11.8 Å². The van der Waals surface area contributed by atoms with Crippen LogP contribution in [0.4, 0.5) is 10.5 Å². The van der Waals surface area contributed by atoms with E-state index >= 15 is 0 Å². The largest absolute Gasteiger partial charge is 0.351 e. The second kappa shape index (κ2) is 4.18. The van der Waals surface area contributed by atoms with E-state index < -0.39 is 6.03 Å². The highest BCUT2D eigenvalue weighted by molar-refractivity contribution is 7.98. The molecule has 2 N–H and O–H groups in total. The van der Waals surface area contributed by atoms with E-state index in [9.17, 15) is 4.79 Å². The molecule has 0 aliphatic carbocycles. The van der Waals surface area contributed by atoms with Crippen LogP contribution in [0, 0.1) is 0 Å². The first kappa shape index (κ1) is 9.92. The van der Waals surface area contributed by atoms with E-state index in [2.05, 4.69) is 0 Å². The van der Waals surface area contributed by atoms with Crippen LogP contribution in [0.1, 0.15) is 0 Å². The lowest BCUT2D eigenvalue weighted by Gasteiger charge is -2.14. The first-order chi connectivity index (χ1) is 6.15. The Kier molecular flexibility index (Phi) is 3.19. The minimum atomic E-state index is -0.446. The summed E-state index contributed by atoms with van der Waals surface area (Å²) in [6, 6.07) is 7.22. The number of carbonyl (C=O) groups is 1. The number of nitrogens with two attached hydrogens (primary N) is 1. The van der Waals surface area contributed by atoms with Gasteiger partial charge < -0.3 is 5.73 Å². The lowest BCUT2D eigenvalue weighted by atomic mass is 10.3. The number of nitrogens with zero attached hydrogens (tertiary/aromatic N) is 1. The van der Waals surface area contributed by atoms with Crippen LogP contribution in [0.5, 0.6) is 0 Å². The molecule has 4 heteroatoms. The highest BCUT2D eigenvalue weighted by Gasteiger charge is 2.05. The van der Waals surface area contributed by atoms with Gasteiger partial charge in [-0.05, 0) is 24.5 Å². The summed E-state index contributed by atoms with van der Waals surface area (Å²) in [5.41, 5.74) is 5.96. The van der Waals surface area contributed by atoms with Gasteiger partial charge in [-0.2, -0.15) is 0 Å². The van der Waals surface area contributed by atoms with E-state index in [4.69, 9.17) is 5.73 Å². The number of thioether (sulfide) groups is 1. The number of urea groups is 1. The van der Waals surface area contributed by atoms with Crippen molar-refractivity contribution in [3.8, 4) is 0 Å². The number of primary amides is 1. The maximum atomic E-state index is 10.8. The third kappa shape index (κ3) is 2.39. The Hall–Kier alpha value is -1.16. The second-order valence-corrected chi connectivity index (χ2v) is 3.48. The van der Waals surface area contributed by atoms with Crippen LogP contribution >= 0.6 is 11.8 Å². The maximum absolute atomic E-state index is 10.8. The summed E-state index contributed by atoms with van der Waals surface area (Å²) in [5.74, 6) is 0. The average Bonchev–Trinajstić information content (AvgIpc) is 2.16. The Morgan fingerprint density at radius 2 is 2.23 bits per heavy atom. The fourth-order valence-corrected chi connectivity index (χ4v) is 1.40. The average molecular weight is 196 g/mol. The molecule has 0 spiro atoms. The molecule has 1 aromatic rings. The zero-order valence-electron chi connectivity index (χ0n) is 7.65. The SMILES string of the molecule is CSc1cccc(N(C)C(N)=O)c1. The summed E-state index contributed by atoms with van der Waals surface area (Å²) in [6.07, 6.45) is 1.99. The van der Waals surface area contributed by atoms with Crippen molar-refractivity contribution in [2.45, 2.75) is 4.90 Å². The van der Waals surface area contributed by atoms with Crippen molar-refractivity contribution in [3.05, 3.63) is 24.3 Å². The van der Waals surface area contributed by atoms with E-state index in [1.54, 1.807) is 18.8 Å². The van der Waals surface area contributed by atoms with Gasteiger partial charge >= 0.3 is 6.03 Å². The number of benzene rings is 1. The number of anilines is 1. The smallest absolute Gasteiger partial charge is 0.318 e. The highest BCUT2D eigenvalue weighted by atomic mass is 32.2. The molecular weight excluding hydrogens is 184 g/mol. The van der Waals surface area contributed by atoms with Crippen molar-refractivity contribution in [2.75, 3.05) is 18.2 Å². The van der Waals surface area contributed by atoms with Crippen LogP contribution in [0.3, 0.4) is 0 Å². The minimum Gasteiger partial charge on any atom is -0.351 e. The molecule has 3 nitrogen and oxygen atoms in total. The predicted octanol–water partition coefficient (Wildman–Crippen LogP) is 1.92. The molecule has 0 aliphatic rings. The van der Waals surface area contributed by atoms with Gasteiger partial charge in [0.2, 0.25) is 0 Å². The zero-order chi connectivity index (χ0) is 9.84. The third-order valence-corrected chi connectivity index (χ3v) is 2.50. The number of hydrogen-bond donors (Lipinski definition) is 1.